The minimum absolute atomic E-state index is 0.380. The molecule has 0 bridgehead atoms. The zero-order valence-corrected chi connectivity index (χ0v) is 8.55. The van der Waals surface area contributed by atoms with Gasteiger partial charge in [-0.05, 0) is 6.07 Å². The van der Waals surface area contributed by atoms with Crippen molar-refractivity contribution in [3.8, 4) is 0 Å². The molecule has 0 saturated heterocycles. The normalized spacial score (nSPS) is 16.0. The van der Waals surface area contributed by atoms with Crippen molar-refractivity contribution in [2.24, 2.45) is 0 Å². The average molecular weight is 249 g/mol. The summed E-state index contributed by atoms with van der Waals surface area (Å²) in [7, 11) is 0. The first-order valence-electron chi connectivity index (χ1n) is 4.18. The van der Waals surface area contributed by atoms with Crippen LogP contribution >= 0.6 is 11.3 Å². The number of furan rings is 1. The third-order valence-electron chi connectivity index (χ3n) is 2.09. The van der Waals surface area contributed by atoms with Crippen molar-refractivity contribution in [2.75, 3.05) is 0 Å². The molecule has 2 rings (SSSR count). The lowest BCUT2D eigenvalue weighted by atomic mass is 9.97. The van der Waals surface area contributed by atoms with Crippen molar-refractivity contribution in [1.29, 1.82) is 0 Å². The molecular weight excluding hydrogens is 243 g/mol. The van der Waals surface area contributed by atoms with Gasteiger partial charge in [-0.1, -0.05) is 0 Å². The number of nitrogens with zero attached hydrogens (tertiary/aromatic N) is 1. The predicted molar refractivity (Wildman–Crippen MR) is 49.9 cm³/mol. The van der Waals surface area contributed by atoms with E-state index < -0.39 is 16.8 Å². The molecule has 0 aliphatic heterocycles. The van der Waals surface area contributed by atoms with Crippen LogP contribution in [0.2, 0.25) is 0 Å². The van der Waals surface area contributed by atoms with E-state index in [0.717, 1.165) is 29.9 Å². The van der Waals surface area contributed by atoms with Crippen molar-refractivity contribution < 1.29 is 22.7 Å². The van der Waals surface area contributed by atoms with Crippen molar-refractivity contribution >= 4 is 11.3 Å². The quantitative estimate of drug-likeness (QED) is 0.889. The summed E-state index contributed by atoms with van der Waals surface area (Å²) in [6.07, 6.45) is -1.72. The van der Waals surface area contributed by atoms with Crippen LogP contribution in [-0.2, 0) is 5.60 Å². The molecule has 0 aromatic carbocycles. The van der Waals surface area contributed by atoms with Crippen LogP contribution in [0.1, 0.15) is 10.6 Å². The standard InChI is InChI=1S/C9H6F3NO2S/c10-9(11,12)8(14,6-1-3-15-5-6)7-13-2-4-16-7/h1-5,14H. The first kappa shape index (κ1) is 11.2. The lowest BCUT2D eigenvalue weighted by Gasteiger charge is -2.27. The van der Waals surface area contributed by atoms with Crippen LogP contribution in [0.5, 0.6) is 0 Å². The summed E-state index contributed by atoms with van der Waals surface area (Å²) in [6.45, 7) is 0. The van der Waals surface area contributed by atoms with Crippen LogP contribution in [-0.4, -0.2) is 16.3 Å². The van der Waals surface area contributed by atoms with Gasteiger partial charge in [0.05, 0.1) is 12.5 Å². The Hall–Kier alpha value is -1.34. The molecule has 0 spiro atoms. The Morgan fingerprint density at radius 3 is 2.56 bits per heavy atom. The maximum Gasteiger partial charge on any atom is 0.428 e. The van der Waals surface area contributed by atoms with Gasteiger partial charge < -0.3 is 9.52 Å². The van der Waals surface area contributed by atoms with E-state index in [9.17, 15) is 18.3 Å². The van der Waals surface area contributed by atoms with Crippen LogP contribution in [0.3, 0.4) is 0 Å². The Balaban J connectivity index is 2.59. The average Bonchev–Trinajstić information content (AvgIpc) is 2.88. The molecular formula is C9H6F3NO2S. The van der Waals surface area contributed by atoms with Crippen molar-refractivity contribution in [3.63, 3.8) is 0 Å². The second kappa shape index (κ2) is 3.60. The fourth-order valence-corrected chi connectivity index (χ4v) is 2.06. The number of aromatic nitrogens is 1. The monoisotopic (exact) mass is 249 g/mol. The number of hydrogen-bond donors (Lipinski definition) is 1. The number of thiazole rings is 1. The summed E-state index contributed by atoms with van der Waals surface area (Å²) in [4.78, 5) is 3.52. The third-order valence-corrected chi connectivity index (χ3v) is 2.97. The molecule has 2 aromatic heterocycles. The van der Waals surface area contributed by atoms with Gasteiger partial charge in [0.25, 0.3) is 0 Å². The second-order valence-corrected chi connectivity index (χ2v) is 3.95. The Kier molecular flexibility index (Phi) is 2.51. The van der Waals surface area contributed by atoms with E-state index in [1.807, 2.05) is 0 Å². The highest BCUT2D eigenvalue weighted by atomic mass is 32.1. The number of halogens is 3. The molecule has 7 heteroatoms. The molecule has 86 valence electrons. The summed E-state index contributed by atoms with van der Waals surface area (Å²) < 4.78 is 43.3. The minimum Gasteiger partial charge on any atom is -0.472 e. The van der Waals surface area contributed by atoms with Crippen LogP contribution in [0, 0.1) is 0 Å². The lowest BCUT2D eigenvalue weighted by molar-refractivity contribution is -0.248. The SMILES string of the molecule is OC(c1ccoc1)(c1nccs1)C(F)(F)F. The summed E-state index contributed by atoms with van der Waals surface area (Å²) in [5, 5.41) is 10.8. The summed E-state index contributed by atoms with van der Waals surface area (Å²) in [6, 6.07) is 1.06. The van der Waals surface area contributed by atoms with E-state index in [1.54, 1.807) is 0 Å². The van der Waals surface area contributed by atoms with E-state index in [1.165, 1.54) is 11.6 Å². The van der Waals surface area contributed by atoms with Gasteiger partial charge in [-0.15, -0.1) is 11.3 Å². The second-order valence-electron chi connectivity index (χ2n) is 3.06. The fourth-order valence-electron chi connectivity index (χ4n) is 1.28. The molecule has 0 fully saturated rings. The van der Waals surface area contributed by atoms with Gasteiger partial charge >= 0.3 is 6.18 Å². The van der Waals surface area contributed by atoms with Gasteiger partial charge in [0.15, 0.2) is 0 Å². The van der Waals surface area contributed by atoms with Gasteiger partial charge in [-0.25, -0.2) is 4.98 Å². The molecule has 2 heterocycles. The first-order valence-corrected chi connectivity index (χ1v) is 5.06. The molecule has 0 aliphatic carbocycles. The van der Waals surface area contributed by atoms with Gasteiger partial charge in [0.2, 0.25) is 5.60 Å². The van der Waals surface area contributed by atoms with E-state index in [4.69, 9.17) is 0 Å². The van der Waals surface area contributed by atoms with Crippen molar-refractivity contribution in [2.45, 2.75) is 11.8 Å². The largest absolute Gasteiger partial charge is 0.472 e. The molecule has 0 amide bonds. The highest BCUT2D eigenvalue weighted by Crippen LogP contribution is 2.44. The topological polar surface area (TPSA) is 46.3 Å². The highest BCUT2D eigenvalue weighted by molar-refractivity contribution is 7.09. The maximum atomic E-state index is 12.9. The van der Waals surface area contributed by atoms with Gasteiger partial charge in [-0.3, -0.25) is 0 Å². The molecule has 2 aromatic rings. The number of aliphatic hydroxyl groups is 1. The zero-order valence-electron chi connectivity index (χ0n) is 7.73. The molecule has 0 aliphatic rings. The molecule has 16 heavy (non-hydrogen) atoms. The van der Waals surface area contributed by atoms with E-state index in [0.29, 0.717) is 0 Å². The third kappa shape index (κ3) is 1.52. The van der Waals surface area contributed by atoms with E-state index in [2.05, 4.69) is 9.40 Å². The van der Waals surface area contributed by atoms with E-state index >= 15 is 0 Å². The Bertz CT molecular complexity index is 415. The molecule has 1 unspecified atom stereocenters. The number of rotatable bonds is 2. The van der Waals surface area contributed by atoms with Crippen molar-refractivity contribution in [3.05, 3.63) is 40.7 Å². The predicted octanol–water partition coefficient (Wildman–Crippen LogP) is 2.53. The Morgan fingerprint density at radius 2 is 2.12 bits per heavy atom. The highest BCUT2D eigenvalue weighted by Gasteiger charge is 2.58. The lowest BCUT2D eigenvalue weighted by Crippen LogP contribution is -2.42. The van der Waals surface area contributed by atoms with Crippen LogP contribution < -0.4 is 0 Å². The van der Waals surface area contributed by atoms with E-state index in [-0.39, 0.29) is 5.56 Å². The molecule has 0 saturated carbocycles. The summed E-state index contributed by atoms with van der Waals surface area (Å²) in [5.74, 6) is 0. The molecule has 3 nitrogen and oxygen atoms in total. The van der Waals surface area contributed by atoms with Crippen LogP contribution in [0.15, 0.2) is 34.6 Å². The first-order chi connectivity index (χ1) is 7.46. The Morgan fingerprint density at radius 1 is 1.38 bits per heavy atom. The van der Waals surface area contributed by atoms with Gasteiger partial charge in [-0.2, -0.15) is 13.2 Å². The number of alkyl halides is 3. The summed E-state index contributed by atoms with van der Waals surface area (Å²) >= 11 is 0.732. The van der Waals surface area contributed by atoms with Crippen LogP contribution in [0.4, 0.5) is 13.2 Å². The zero-order chi connectivity index (χ0) is 11.8. The maximum absolute atomic E-state index is 12.9. The van der Waals surface area contributed by atoms with Crippen molar-refractivity contribution in [1.82, 2.24) is 4.98 Å². The molecule has 1 N–H and O–H groups in total. The fraction of sp³-hybridized carbons (Fsp3) is 0.222. The summed E-state index contributed by atoms with van der Waals surface area (Å²) in [5.41, 5.74) is -3.48. The van der Waals surface area contributed by atoms with Gasteiger partial charge in [0, 0.05) is 17.1 Å². The Labute approximate surface area is 92.2 Å². The smallest absolute Gasteiger partial charge is 0.428 e. The van der Waals surface area contributed by atoms with Crippen LogP contribution in [0.25, 0.3) is 0 Å². The van der Waals surface area contributed by atoms with Gasteiger partial charge in [0.1, 0.15) is 5.01 Å². The molecule has 0 radical (unpaired) electrons. The minimum atomic E-state index is -4.85. The molecule has 1 atom stereocenters. The number of hydrogen-bond acceptors (Lipinski definition) is 4.